The van der Waals surface area contributed by atoms with Crippen LogP contribution in [0, 0.1) is 0 Å². The maximum atomic E-state index is 11.6. The van der Waals surface area contributed by atoms with Gasteiger partial charge in [0.15, 0.2) is 0 Å². The first-order valence-electron chi connectivity index (χ1n) is 4.71. The highest BCUT2D eigenvalue weighted by molar-refractivity contribution is 6.33. The first kappa shape index (κ1) is 11.9. The average Bonchev–Trinajstić information content (AvgIpc) is 2.26. The third-order valence-electron chi connectivity index (χ3n) is 1.99. The van der Waals surface area contributed by atoms with Gasteiger partial charge >= 0.3 is 0 Å². The summed E-state index contributed by atoms with van der Waals surface area (Å²) in [4.78, 5) is 15.3. The van der Waals surface area contributed by atoms with Crippen LogP contribution in [0.1, 0.15) is 23.7 Å². The van der Waals surface area contributed by atoms with Gasteiger partial charge in [-0.15, -0.1) is 0 Å². The van der Waals surface area contributed by atoms with E-state index >= 15 is 0 Å². The Balaban J connectivity index is 2.58. The molecule has 15 heavy (non-hydrogen) atoms. The number of halogens is 1. The van der Waals surface area contributed by atoms with Gasteiger partial charge < -0.3 is 10.4 Å². The van der Waals surface area contributed by atoms with E-state index in [0.717, 1.165) is 0 Å². The Morgan fingerprint density at radius 3 is 3.07 bits per heavy atom. The van der Waals surface area contributed by atoms with Crippen molar-refractivity contribution in [1.82, 2.24) is 10.3 Å². The predicted molar refractivity (Wildman–Crippen MR) is 57.9 cm³/mol. The number of nitrogens with zero attached hydrogens (tertiary/aromatic N) is 1. The van der Waals surface area contributed by atoms with Crippen molar-refractivity contribution in [2.75, 3.05) is 6.54 Å². The quantitative estimate of drug-likeness (QED) is 0.815. The van der Waals surface area contributed by atoms with Crippen LogP contribution < -0.4 is 5.32 Å². The van der Waals surface area contributed by atoms with E-state index in [9.17, 15) is 9.90 Å². The molecule has 1 atom stereocenters. The van der Waals surface area contributed by atoms with E-state index in [1.165, 1.54) is 18.5 Å². The van der Waals surface area contributed by atoms with Gasteiger partial charge in [0.25, 0.3) is 5.91 Å². The van der Waals surface area contributed by atoms with Crippen LogP contribution in [0.25, 0.3) is 0 Å². The molecule has 0 spiro atoms. The Hall–Kier alpha value is -1.13. The van der Waals surface area contributed by atoms with Crippen molar-refractivity contribution < 1.29 is 9.90 Å². The number of amides is 1. The molecule has 0 saturated carbocycles. The molecule has 1 rings (SSSR count). The summed E-state index contributed by atoms with van der Waals surface area (Å²) in [5.74, 6) is -0.296. The highest BCUT2D eigenvalue weighted by Crippen LogP contribution is 2.12. The van der Waals surface area contributed by atoms with E-state index < -0.39 is 6.10 Å². The molecule has 0 aliphatic carbocycles. The molecule has 4 nitrogen and oxygen atoms in total. The van der Waals surface area contributed by atoms with Crippen LogP contribution in [0.2, 0.25) is 5.02 Å². The predicted octanol–water partition coefficient (Wildman–Crippen LogP) is 1.24. The van der Waals surface area contributed by atoms with Gasteiger partial charge in [0, 0.05) is 18.9 Å². The summed E-state index contributed by atoms with van der Waals surface area (Å²) in [6.07, 6.45) is 2.99. The fourth-order valence-electron chi connectivity index (χ4n) is 1.01. The Morgan fingerprint density at radius 1 is 1.73 bits per heavy atom. The number of nitrogens with one attached hydrogen (secondary N) is 1. The highest BCUT2D eigenvalue weighted by atomic mass is 35.5. The molecular weight excluding hydrogens is 216 g/mol. The normalized spacial score (nSPS) is 12.2. The number of rotatable bonds is 4. The second-order valence-corrected chi connectivity index (χ2v) is 3.53. The lowest BCUT2D eigenvalue weighted by Gasteiger charge is -2.09. The number of aliphatic hydroxyl groups excluding tert-OH is 1. The van der Waals surface area contributed by atoms with Gasteiger partial charge in [0.2, 0.25) is 0 Å². The van der Waals surface area contributed by atoms with Gasteiger partial charge in [0.05, 0.1) is 16.7 Å². The van der Waals surface area contributed by atoms with E-state index in [4.69, 9.17) is 11.6 Å². The zero-order valence-electron chi connectivity index (χ0n) is 8.40. The van der Waals surface area contributed by atoms with Crippen molar-refractivity contribution in [2.24, 2.45) is 0 Å². The molecule has 0 radical (unpaired) electrons. The van der Waals surface area contributed by atoms with E-state index in [-0.39, 0.29) is 12.5 Å². The molecule has 0 bridgehead atoms. The third-order valence-corrected chi connectivity index (χ3v) is 2.29. The standard InChI is InChI=1S/C10H13ClN2O2/c1-2-7(14)5-13-10(15)8-3-4-12-6-9(8)11/h3-4,6-7,14H,2,5H2,1H3,(H,13,15). The van der Waals surface area contributed by atoms with E-state index in [1.54, 1.807) is 0 Å². The summed E-state index contributed by atoms with van der Waals surface area (Å²) in [7, 11) is 0. The average molecular weight is 229 g/mol. The summed E-state index contributed by atoms with van der Waals surface area (Å²) in [6, 6.07) is 1.54. The maximum Gasteiger partial charge on any atom is 0.252 e. The molecule has 0 saturated heterocycles. The summed E-state index contributed by atoms with van der Waals surface area (Å²) >= 11 is 5.78. The summed E-state index contributed by atoms with van der Waals surface area (Å²) in [6.45, 7) is 2.07. The number of aromatic nitrogens is 1. The molecule has 1 aromatic rings. The Bertz CT molecular complexity index is 344. The van der Waals surface area contributed by atoms with Crippen LogP contribution in [-0.2, 0) is 0 Å². The van der Waals surface area contributed by atoms with Crippen LogP contribution in [0.4, 0.5) is 0 Å². The van der Waals surface area contributed by atoms with Gasteiger partial charge in [-0.25, -0.2) is 0 Å². The SMILES string of the molecule is CCC(O)CNC(=O)c1ccncc1Cl. The van der Waals surface area contributed by atoms with E-state index in [2.05, 4.69) is 10.3 Å². The molecule has 5 heteroatoms. The van der Waals surface area contributed by atoms with Crippen molar-refractivity contribution in [3.8, 4) is 0 Å². The number of hydrogen-bond acceptors (Lipinski definition) is 3. The van der Waals surface area contributed by atoms with E-state index in [0.29, 0.717) is 17.0 Å². The Morgan fingerprint density at radius 2 is 2.47 bits per heavy atom. The highest BCUT2D eigenvalue weighted by Gasteiger charge is 2.10. The van der Waals surface area contributed by atoms with Gasteiger partial charge in [-0.1, -0.05) is 18.5 Å². The van der Waals surface area contributed by atoms with Gasteiger partial charge in [-0.2, -0.15) is 0 Å². The molecule has 82 valence electrons. The van der Waals surface area contributed by atoms with Crippen LogP contribution in [0.3, 0.4) is 0 Å². The second-order valence-electron chi connectivity index (χ2n) is 3.13. The van der Waals surface area contributed by atoms with Gasteiger partial charge in [-0.3, -0.25) is 9.78 Å². The lowest BCUT2D eigenvalue weighted by molar-refractivity contribution is 0.0914. The van der Waals surface area contributed by atoms with Crippen LogP contribution in [-0.4, -0.2) is 28.6 Å². The first-order chi connectivity index (χ1) is 7.15. The Kier molecular flexibility index (Phi) is 4.52. The number of carbonyl (C=O) groups is 1. The molecule has 0 aromatic carbocycles. The maximum absolute atomic E-state index is 11.6. The number of hydrogen-bond donors (Lipinski definition) is 2. The molecule has 2 N–H and O–H groups in total. The number of aliphatic hydroxyl groups is 1. The summed E-state index contributed by atoms with van der Waals surface area (Å²) < 4.78 is 0. The van der Waals surface area contributed by atoms with Crippen molar-refractivity contribution in [2.45, 2.75) is 19.4 Å². The molecule has 1 aromatic heterocycles. The molecule has 1 amide bonds. The van der Waals surface area contributed by atoms with E-state index in [1.807, 2.05) is 6.92 Å². The molecule has 0 aliphatic heterocycles. The zero-order chi connectivity index (χ0) is 11.3. The van der Waals surface area contributed by atoms with Crippen molar-refractivity contribution in [3.63, 3.8) is 0 Å². The van der Waals surface area contributed by atoms with Crippen molar-refractivity contribution in [3.05, 3.63) is 29.0 Å². The minimum absolute atomic E-state index is 0.230. The Labute approximate surface area is 93.3 Å². The smallest absolute Gasteiger partial charge is 0.252 e. The lowest BCUT2D eigenvalue weighted by atomic mass is 10.2. The van der Waals surface area contributed by atoms with Crippen LogP contribution >= 0.6 is 11.6 Å². The van der Waals surface area contributed by atoms with Gasteiger partial charge in [-0.05, 0) is 12.5 Å². The fraction of sp³-hybridized carbons (Fsp3) is 0.400. The summed E-state index contributed by atoms with van der Waals surface area (Å²) in [5.41, 5.74) is 0.370. The fourth-order valence-corrected chi connectivity index (χ4v) is 1.21. The van der Waals surface area contributed by atoms with Gasteiger partial charge in [0.1, 0.15) is 0 Å². The zero-order valence-corrected chi connectivity index (χ0v) is 9.16. The molecule has 1 heterocycles. The summed E-state index contributed by atoms with van der Waals surface area (Å²) in [5, 5.41) is 12.2. The number of pyridine rings is 1. The lowest BCUT2D eigenvalue weighted by Crippen LogP contribution is -2.31. The monoisotopic (exact) mass is 228 g/mol. The number of carbonyl (C=O) groups excluding carboxylic acids is 1. The minimum Gasteiger partial charge on any atom is -0.391 e. The second kappa shape index (κ2) is 5.68. The van der Waals surface area contributed by atoms with Crippen LogP contribution in [0.15, 0.2) is 18.5 Å². The first-order valence-corrected chi connectivity index (χ1v) is 5.08. The molecule has 0 aliphatic rings. The molecular formula is C10H13ClN2O2. The van der Waals surface area contributed by atoms with Crippen molar-refractivity contribution >= 4 is 17.5 Å². The van der Waals surface area contributed by atoms with Crippen LogP contribution in [0.5, 0.6) is 0 Å². The topological polar surface area (TPSA) is 62.2 Å². The minimum atomic E-state index is -0.519. The molecule has 1 unspecified atom stereocenters. The largest absolute Gasteiger partial charge is 0.391 e. The molecule has 0 fully saturated rings. The van der Waals surface area contributed by atoms with Crippen molar-refractivity contribution in [1.29, 1.82) is 0 Å². The third kappa shape index (κ3) is 3.49.